The molecule has 1 aromatic heterocycles. The van der Waals surface area contributed by atoms with E-state index >= 15 is 0 Å². The molecule has 1 aliphatic carbocycles. The first kappa shape index (κ1) is 25.7. The molecule has 6 nitrogen and oxygen atoms in total. The largest absolute Gasteiger partial charge is 0.329 e. The Balaban J connectivity index is 1.42. The molecular weight excluding hydrogens is 496 g/mol. The molecule has 1 saturated carbocycles. The van der Waals surface area contributed by atoms with Crippen LogP contribution in [-0.4, -0.2) is 39.4 Å². The Hall–Kier alpha value is -3.90. The summed E-state index contributed by atoms with van der Waals surface area (Å²) in [6, 6.07) is 25.0. The van der Waals surface area contributed by atoms with E-state index in [4.69, 9.17) is 16.6 Å². The summed E-state index contributed by atoms with van der Waals surface area (Å²) in [6.45, 7) is 4.75. The second kappa shape index (κ2) is 11.2. The number of benzene rings is 3. The van der Waals surface area contributed by atoms with Gasteiger partial charge in [0.25, 0.3) is 5.91 Å². The zero-order chi connectivity index (χ0) is 26.6. The molecule has 0 unspecified atom stereocenters. The molecule has 1 aliphatic rings. The van der Waals surface area contributed by atoms with Crippen molar-refractivity contribution in [2.45, 2.75) is 32.6 Å². The maximum absolute atomic E-state index is 13.3. The lowest BCUT2D eigenvalue weighted by molar-refractivity contribution is -0.117. The average molecular weight is 527 g/mol. The van der Waals surface area contributed by atoms with E-state index in [0.29, 0.717) is 34.9 Å². The van der Waals surface area contributed by atoms with Crippen LogP contribution in [0.5, 0.6) is 0 Å². The van der Waals surface area contributed by atoms with E-state index in [1.807, 2.05) is 53.2 Å². The molecule has 2 amide bonds. The van der Waals surface area contributed by atoms with Gasteiger partial charge in [-0.1, -0.05) is 80.0 Å². The smallest absolute Gasteiger partial charge is 0.255 e. The number of hydrogen-bond acceptors (Lipinski definition) is 3. The monoisotopic (exact) mass is 526 g/mol. The third kappa shape index (κ3) is 5.97. The van der Waals surface area contributed by atoms with E-state index in [1.165, 1.54) is 5.56 Å². The van der Waals surface area contributed by atoms with Gasteiger partial charge in [0.15, 0.2) is 0 Å². The minimum atomic E-state index is -0.309. The molecule has 194 valence electrons. The number of halogens is 1. The van der Waals surface area contributed by atoms with Crippen LogP contribution in [0, 0.1) is 5.92 Å². The van der Waals surface area contributed by atoms with Gasteiger partial charge < -0.3 is 4.90 Å². The number of rotatable bonds is 9. The van der Waals surface area contributed by atoms with Crippen molar-refractivity contribution in [3.05, 3.63) is 101 Å². The number of imidazole rings is 1. The Morgan fingerprint density at radius 2 is 1.68 bits per heavy atom. The second-order valence-electron chi connectivity index (χ2n) is 10.1. The Kier molecular flexibility index (Phi) is 7.61. The first-order valence-corrected chi connectivity index (χ1v) is 13.4. The summed E-state index contributed by atoms with van der Waals surface area (Å²) in [5.74, 6) is 0.689. The van der Waals surface area contributed by atoms with E-state index in [1.54, 1.807) is 29.2 Å². The molecule has 5 rings (SSSR count). The van der Waals surface area contributed by atoms with Gasteiger partial charge in [-0.05, 0) is 54.5 Å². The average Bonchev–Trinajstić information content (AvgIpc) is 3.65. The third-order valence-electron chi connectivity index (χ3n) is 6.77. The maximum Gasteiger partial charge on any atom is 0.255 e. The van der Waals surface area contributed by atoms with Crippen LogP contribution >= 0.6 is 11.6 Å². The Bertz CT molecular complexity index is 1430. The van der Waals surface area contributed by atoms with Crippen molar-refractivity contribution >= 4 is 29.4 Å². The van der Waals surface area contributed by atoms with Crippen molar-refractivity contribution < 1.29 is 9.59 Å². The predicted octanol–water partition coefficient (Wildman–Crippen LogP) is 6.81. The fourth-order valence-electron chi connectivity index (χ4n) is 4.41. The highest BCUT2D eigenvalue weighted by atomic mass is 35.5. The lowest BCUT2D eigenvalue weighted by atomic mass is 10.0. The van der Waals surface area contributed by atoms with E-state index in [9.17, 15) is 9.59 Å². The summed E-state index contributed by atoms with van der Waals surface area (Å²) in [4.78, 5) is 33.0. The van der Waals surface area contributed by atoms with E-state index in [0.717, 1.165) is 29.8 Å². The van der Waals surface area contributed by atoms with Crippen molar-refractivity contribution in [1.29, 1.82) is 0 Å². The summed E-state index contributed by atoms with van der Waals surface area (Å²) >= 11 is 6.30. The fourth-order valence-corrected chi connectivity index (χ4v) is 4.62. The SMILES string of the molecule is CC(C)c1ccc(-n2cc(-c3ccccc3)nc2NC(=O)CN(CC2CC2)C(=O)c2ccccc2Cl)cc1. The molecule has 0 saturated heterocycles. The van der Waals surface area contributed by atoms with E-state index in [-0.39, 0.29) is 18.4 Å². The molecule has 4 aromatic rings. The standard InChI is InChI=1S/C31H31ClN4O2/c1-21(2)23-14-16-25(17-15-23)36-19-28(24-8-4-3-5-9-24)33-31(36)34-29(37)20-35(18-22-12-13-22)30(38)26-10-6-7-11-27(26)32/h3-11,14-17,19,21-22H,12-13,18,20H2,1-2H3,(H,33,34,37). The number of anilines is 1. The predicted molar refractivity (Wildman–Crippen MR) is 152 cm³/mol. The summed E-state index contributed by atoms with van der Waals surface area (Å²) in [6.07, 6.45) is 4.04. The molecule has 1 fully saturated rings. The van der Waals surface area contributed by atoms with Crippen LogP contribution in [-0.2, 0) is 4.79 Å². The van der Waals surface area contributed by atoms with Gasteiger partial charge in [-0.3, -0.25) is 19.5 Å². The maximum atomic E-state index is 13.3. The van der Waals surface area contributed by atoms with Gasteiger partial charge in [-0.25, -0.2) is 4.98 Å². The highest BCUT2D eigenvalue weighted by Gasteiger charge is 2.29. The van der Waals surface area contributed by atoms with Crippen molar-refractivity contribution in [3.63, 3.8) is 0 Å². The van der Waals surface area contributed by atoms with Crippen LogP contribution in [0.2, 0.25) is 5.02 Å². The molecule has 1 heterocycles. The minimum Gasteiger partial charge on any atom is -0.329 e. The first-order valence-electron chi connectivity index (χ1n) is 13.0. The zero-order valence-corrected chi connectivity index (χ0v) is 22.4. The second-order valence-corrected chi connectivity index (χ2v) is 10.5. The van der Waals surface area contributed by atoms with Gasteiger partial charge in [0.1, 0.15) is 6.54 Å². The normalized spacial score (nSPS) is 12.9. The Labute approximate surface area is 228 Å². The topological polar surface area (TPSA) is 67.2 Å². The molecule has 0 spiro atoms. The van der Waals surface area contributed by atoms with Crippen LogP contribution in [0.15, 0.2) is 85.1 Å². The van der Waals surface area contributed by atoms with Crippen LogP contribution in [0.1, 0.15) is 48.5 Å². The molecular formula is C31H31ClN4O2. The number of hydrogen-bond donors (Lipinski definition) is 1. The molecule has 0 atom stereocenters. The van der Waals surface area contributed by atoms with Gasteiger partial charge in [0.2, 0.25) is 11.9 Å². The van der Waals surface area contributed by atoms with Crippen molar-refractivity contribution in [3.8, 4) is 16.9 Å². The Morgan fingerprint density at radius 3 is 2.34 bits per heavy atom. The third-order valence-corrected chi connectivity index (χ3v) is 7.10. The highest BCUT2D eigenvalue weighted by Crippen LogP contribution is 2.31. The molecule has 7 heteroatoms. The summed E-state index contributed by atoms with van der Waals surface area (Å²) in [7, 11) is 0. The van der Waals surface area contributed by atoms with Gasteiger partial charge in [-0.2, -0.15) is 0 Å². The van der Waals surface area contributed by atoms with Crippen LogP contribution in [0.3, 0.4) is 0 Å². The number of nitrogens with zero attached hydrogens (tertiary/aromatic N) is 3. The van der Waals surface area contributed by atoms with E-state index < -0.39 is 0 Å². The van der Waals surface area contributed by atoms with Crippen LogP contribution in [0.4, 0.5) is 5.95 Å². The van der Waals surface area contributed by atoms with Gasteiger partial charge in [0, 0.05) is 24.0 Å². The molecule has 38 heavy (non-hydrogen) atoms. The molecule has 1 N–H and O–H groups in total. The quantitative estimate of drug-likeness (QED) is 0.260. The molecule has 3 aromatic carbocycles. The number of carbonyl (C=O) groups is 2. The Morgan fingerprint density at radius 1 is 1.00 bits per heavy atom. The minimum absolute atomic E-state index is 0.0830. The number of nitrogens with one attached hydrogen (secondary N) is 1. The zero-order valence-electron chi connectivity index (χ0n) is 21.6. The van der Waals surface area contributed by atoms with Crippen molar-refractivity contribution in [1.82, 2.24) is 14.5 Å². The van der Waals surface area contributed by atoms with E-state index in [2.05, 4.69) is 31.3 Å². The van der Waals surface area contributed by atoms with Crippen LogP contribution < -0.4 is 5.32 Å². The van der Waals surface area contributed by atoms with Gasteiger partial charge in [-0.15, -0.1) is 0 Å². The van der Waals surface area contributed by atoms with Gasteiger partial charge in [0.05, 0.1) is 16.3 Å². The molecule has 0 aliphatic heterocycles. The lowest BCUT2D eigenvalue weighted by Gasteiger charge is -2.22. The number of amides is 2. The molecule has 0 bridgehead atoms. The van der Waals surface area contributed by atoms with Crippen molar-refractivity contribution in [2.24, 2.45) is 5.92 Å². The first-order chi connectivity index (χ1) is 18.4. The summed E-state index contributed by atoms with van der Waals surface area (Å²) < 4.78 is 1.88. The van der Waals surface area contributed by atoms with Gasteiger partial charge >= 0.3 is 0 Å². The van der Waals surface area contributed by atoms with Crippen molar-refractivity contribution in [2.75, 3.05) is 18.4 Å². The fraction of sp³-hybridized carbons (Fsp3) is 0.258. The van der Waals surface area contributed by atoms with Crippen LogP contribution in [0.25, 0.3) is 16.9 Å². The lowest BCUT2D eigenvalue weighted by Crippen LogP contribution is -2.39. The summed E-state index contributed by atoms with van der Waals surface area (Å²) in [5, 5.41) is 3.35. The highest BCUT2D eigenvalue weighted by molar-refractivity contribution is 6.33. The molecule has 0 radical (unpaired) electrons. The number of aromatic nitrogens is 2. The number of carbonyl (C=O) groups excluding carboxylic acids is 2. The summed E-state index contributed by atoms with van der Waals surface area (Å²) in [5.41, 5.74) is 4.22.